The molecule has 0 heterocycles. The van der Waals surface area contributed by atoms with Crippen molar-refractivity contribution in [2.75, 3.05) is 5.32 Å². The quantitative estimate of drug-likeness (QED) is 0.670. The number of hydrogen-bond acceptors (Lipinski definition) is 3. The Bertz CT molecular complexity index is 687. The van der Waals surface area contributed by atoms with Crippen molar-refractivity contribution in [1.29, 1.82) is 0 Å². The molecule has 0 unspecified atom stereocenters. The first kappa shape index (κ1) is 15.2. The van der Waals surface area contributed by atoms with Gasteiger partial charge in [-0.15, -0.1) is 0 Å². The van der Waals surface area contributed by atoms with E-state index in [2.05, 4.69) is 5.32 Å². The van der Waals surface area contributed by atoms with Crippen LogP contribution in [0.2, 0.25) is 5.02 Å². The summed E-state index contributed by atoms with van der Waals surface area (Å²) in [6.45, 7) is 1.77. The van der Waals surface area contributed by atoms with Crippen molar-refractivity contribution in [3.8, 4) is 0 Å². The Hall–Kier alpha value is -2.21. The van der Waals surface area contributed by atoms with Crippen LogP contribution < -0.4 is 5.32 Å². The Morgan fingerprint density at radius 1 is 1.29 bits per heavy atom. The molecule has 0 fully saturated rings. The molecule has 0 aliphatic rings. The predicted molar refractivity (Wildman–Crippen MR) is 76.5 cm³/mol. The maximum Gasteiger partial charge on any atom is 0.305 e. The lowest BCUT2D eigenvalue weighted by molar-refractivity contribution is -0.387. The SMILES string of the molecule is Cc1cccc(Cl)c1NCc1cc([N+](=O)[O-])c(F)cc1F. The predicted octanol–water partition coefficient (Wildman–Crippen LogP) is 4.45. The average Bonchev–Trinajstić information content (AvgIpc) is 2.39. The van der Waals surface area contributed by atoms with Gasteiger partial charge in [-0.05, 0) is 18.6 Å². The monoisotopic (exact) mass is 312 g/mol. The van der Waals surface area contributed by atoms with Crippen LogP contribution in [-0.4, -0.2) is 4.92 Å². The molecule has 7 heteroatoms. The molecule has 0 radical (unpaired) electrons. The number of benzene rings is 2. The van der Waals surface area contributed by atoms with E-state index in [9.17, 15) is 18.9 Å². The number of aryl methyl sites for hydroxylation is 1. The van der Waals surface area contributed by atoms with Crippen molar-refractivity contribution in [2.45, 2.75) is 13.5 Å². The van der Waals surface area contributed by atoms with Crippen LogP contribution in [0.1, 0.15) is 11.1 Å². The van der Waals surface area contributed by atoms with Gasteiger partial charge in [0.1, 0.15) is 5.82 Å². The van der Waals surface area contributed by atoms with E-state index in [0.717, 1.165) is 11.6 Å². The van der Waals surface area contributed by atoms with Crippen molar-refractivity contribution in [3.63, 3.8) is 0 Å². The molecule has 2 aromatic carbocycles. The normalized spacial score (nSPS) is 10.5. The van der Waals surface area contributed by atoms with Gasteiger partial charge in [0.15, 0.2) is 0 Å². The van der Waals surface area contributed by atoms with E-state index in [1.165, 1.54) is 0 Å². The zero-order valence-corrected chi connectivity index (χ0v) is 11.7. The smallest absolute Gasteiger partial charge is 0.305 e. The summed E-state index contributed by atoms with van der Waals surface area (Å²) in [5.41, 5.74) is 0.677. The number of anilines is 1. The van der Waals surface area contributed by atoms with Gasteiger partial charge in [-0.25, -0.2) is 4.39 Å². The van der Waals surface area contributed by atoms with Crippen LogP contribution in [-0.2, 0) is 6.54 Å². The Morgan fingerprint density at radius 2 is 2.00 bits per heavy atom. The van der Waals surface area contributed by atoms with Gasteiger partial charge in [0.05, 0.1) is 15.6 Å². The largest absolute Gasteiger partial charge is 0.379 e. The second kappa shape index (κ2) is 6.05. The van der Waals surface area contributed by atoms with Gasteiger partial charge in [-0.3, -0.25) is 10.1 Å². The first-order valence-electron chi connectivity index (χ1n) is 6.01. The maximum atomic E-state index is 13.7. The minimum absolute atomic E-state index is 0.0116. The molecular weight excluding hydrogens is 302 g/mol. The topological polar surface area (TPSA) is 55.2 Å². The molecule has 0 spiro atoms. The van der Waals surface area contributed by atoms with Crippen LogP contribution in [0, 0.1) is 28.7 Å². The van der Waals surface area contributed by atoms with Crippen LogP contribution in [0.3, 0.4) is 0 Å². The number of nitro benzene ring substituents is 1. The number of hydrogen-bond donors (Lipinski definition) is 1. The molecular formula is C14H11ClF2N2O2. The highest BCUT2D eigenvalue weighted by atomic mass is 35.5. The summed E-state index contributed by atoms with van der Waals surface area (Å²) in [6, 6.07) is 6.64. The van der Waals surface area contributed by atoms with Crippen molar-refractivity contribution in [2.24, 2.45) is 0 Å². The molecule has 0 aliphatic carbocycles. The van der Waals surface area contributed by atoms with E-state index in [4.69, 9.17) is 11.6 Å². The zero-order valence-electron chi connectivity index (χ0n) is 11.0. The van der Waals surface area contributed by atoms with Crippen molar-refractivity contribution < 1.29 is 13.7 Å². The molecule has 2 rings (SSSR count). The fourth-order valence-corrected chi connectivity index (χ4v) is 2.18. The third-order valence-corrected chi connectivity index (χ3v) is 3.31. The first-order chi connectivity index (χ1) is 9.90. The Morgan fingerprint density at radius 3 is 2.62 bits per heavy atom. The number of nitro groups is 1. The lowest BCUT2D eigenvalue weighted by Gasteiger charge is -2.12. The summed E-state index contributed by atoms with van der Waals surface area (Å²) in [6.07, 6.45) is 0. The Balaban J connectivity index is 2.28. The van der Waals surface area contributed by atoms with Gasteiger partial charge < -0.3 is 5.32 Å². The fourth-order valence-electron chi connectivity index (χ4n) is 1.90. The molecule has 0 atom stereocenters. The van der Waals surface area contributed by atoms with E-state index in [0.29, 0.717) is 16.8 Å². The standard InChI is InChI=1S/C14H11ClF2N2O2/c1-8-3-2-4-10(15)14(8)18-7-9-5-13(19(20)21)12(17)6-11(9)16/h2-6,18H,7H2,1H3. The summed E-state index contributed by atoms with van der Waals surface area (Å²) in [4.78, 5) is 9.78. The van der Waals surface area contributed by atoms with Crippen molar-refractivity contribution in [1.82, 2.24) is 0 Å². The summed E-state index contributed by atoms with van der Waals surface area (Å²) in [7, 11) is 0. The minimum atomic E-state index is -1.20. The number of halogens is 3. The first-order valence-corrected chi connectivity index (χ1v) is 6.39. The van der Waals surface area contributed by atoms with E-state index in [1.807, 2.05) is 13.0 Å². The number of nitrogens with one attached hydrogen (secondary N) is 1. The van der Waals surface area contributed by atoms with Gasteiger partial charge >= 0.3 is 5.69 Å². The zero-order chi connectivity index (χ0) is 15.6. The second-order valence-corrected chi connectivity index (χ2v) is 4.84. The van der Waals surface area contributed by atoms with Crippen LogP contribution in [0.5, 0.6) is 0 Å². The Kier molecular flexibility index (Phi) is 4.37. The number of rotatable bonds is 4. The number of para-hydroxylation sites is 1. The second-order valence-electron chi connectivity index (χ2n) is 4.44. The van der Waals surface area contributed by atoms with Gasteiger partial charge in [-0.1, -0.05) is 23.7 Å². The summed E-state index contributed by atoms with van der Waals surface area (Å²) >= 11 is 6.02. The highest BCUT2D eigenvalue weighted by Crippen LogP contribution is 2.27. The molecule has 1 N–H and O–H groups in total. The molecule has 0 saturated carbocycles. The van der Waals surface area contributed by atoms with E-state index >= 15 is 0 Å². The highest BCUT2D eigenvalue weighted by Gasteiger charge is 2.18. The average molecular weight is 313 g/mol. The molecule has 21 heavy (non-hydrogen) atoms. The van der Waals surface area contributed by atoms with Crippen molar-refractivity contribution >= 4 is 23.0 Å². The van der Waals surface area contributed by atoms with Crippen LogP contribution in [0.4, 0.5) is 20.2 Å². The molecule has 0 aromatic heterocycles. The lowest BCUT2D eigenvalue weighted by atomic mass is 10.1. The van der Waals surface area contributed by atoms with Crippen molar-refractivity contribution in [3.05, 3.63) is 68.2 Å². The molecule has 4 nitrogen and oxygen atoms in total. The Labute approximate surface area is 124 Å². The van der Waals surface area contributed by atoms with Gasteiger partial charge in [-0.2, -0.15) is 4.39 Å². The molecule has 0 aliphatic heterocycles. The van der Waals surface area contributed by atoms with E-state index < -0.39 is 22.2 Å². The van der Waals surface area contributed by atoms with Crippen LogP contribution in [0.25, 0.3) is 0 Å². The molecule has 2 aromatic rings. The minimum Gasteiger partial charge on any atom is -0.379 e. The lowest BCUT2D eigenvalue weighted by Crippen LogP contribution is -2.05. The fraction of sp³-hybridized carbons (Fsp3) is 0.143. The summed E-state index contributed by atoms with van der Waals surface area (Å²) in [5.74, 6) is -2.05. The van der Waals surface area contributed by atoms with Gasteiger partial charge in [0.2, 0.25) is 5.82 Å². The maximum absolute atomic E-state index is 13.7. The van der Waals surface area contributed by atoms with E-state index in [1.54, 1.807) is 12.1 Å². The van der Waals surface area contributed by atoms with Gasteiger partial charge in [0.25, 0.3) is 0 Å². The number of nitrogens with zero attached hydrogens (tertiary/aromatic N) is 1. The summed E-state index contributed by atoms with van der Waals surface area (Å²) in [5, 5.41) is 14.0. The third kappa shape index (κ3) is 3.28. The van der Waals surface area contributed by atoms with E-state index in [-0.39, 0.29) is 12.1 Å². The molecule has 0 bridgehead atoms. The van der Waals surface area contributed by atoms with Crippen LogP contribution >= 0.6 is 11.6 Å². The highest BCUT2D eigenvalue weighted by molar-refractivity contribution is 6.33. The summed E-state index contributed by atoms with van der Waals surface area (Å²) < 4.78 is 26.9. The van der Waals surface area contributed by atoms with Gasteiger partial charge in [0, 0.05) is 24.2 Å². The molecule has 110 valence electrons. The molecule has 0 amide bonds. The third-order valence-electron chi connectivity index (χ3n) is 2.99. The molecule has 0 saturated heterocycles. The van der Waals surface area contributed by atoms with Crippen LogP contribution in [0.15, 0.2) is 30.3 Å².